The molecule has 1 heterocycles. The van der Waals surface area contributed by atoms with Crippen molar-refractivity contribution in [3.63, 3.8) is 0 Å². The van der Waals surface area contributed by atoms with Crippen LogP contribution < -0.4 is 5.73 Å². The summed E-state index contributed by atoms with van der Waals surface area (Å²) >= 11 is 0. The summed E-state index contributed by atoms with van der Waals surface area (Å²) in [5, 5.41) is 14.1. The van der Waals surface area contributed by atoms with E-state index in [4.69, 9.17) is 11.0 Å². The van der Waals surface area contributed by atoms with Crippen LogP contribution in [0.15, 0.2) is 60.7 Å². The number of rotatable bonds is 7. The van der Waals surface area contributed by atoms with Crippen molar-refractivity contribution in [1.29, 1.82) is 5.26 Å². The summed E-state index contributed by atoms with van der Waals surface area (Å²) in [5.41, 5.74) is 1.95. The van der Waals surface area contributed by atoms with Gasteiger partial charge >= 0.3 is 12.4 Å². The number of carbonyl (C=O) groups excluding carboxylic acids is 1. The normalized spacial score (nSPS) is 12.9. The minimum atomic E-state index is -5.03. The Bertz CT molecular complexity index is 1190. The maximum atomic E-state index is 13.3. The Balaban J connectivity index is 2.71. The van der Waals surface area contributed by atoms with E-state index in [1.54, 1.807) is 0 Å². The standard InChI is InChI=1S/C23H19F6N5O/c1-4-34(12-19(21(31)35)16-5-14(9-30)10-32-11-16)33-20(13(2)3)15-6-17(22(24,25)26)8-18(7-15)23(27,28)29/h4-8,10-13H,1H2,2-3H3,(H2,31,35)/b19-12+,33-20+. The van der Waals surface area contributed by atoms with Gasteiger partial charge in [0, 0.05) is 30.4 Å². The average Bonchev–Trinajstić information content (AvgIpc) is 2.77. The highest BCUT2D eigenvalue weighted by molar-refractivity contribution is 6.18. The van der Waals surface area contributed by atoms with Gasteiger partial charge in [0.05, 0.1) is 28.0 Å². The molecule has 0 aliphatic rings. The van der Waals surface area contributed by atoms with Crippen molar-refractivity contribution in [2.45, 2.75) is 26.2 Å². The number of pyridine rings is 1. The van der Waals surface area contributed by atoms with Gasteiger partial charge < -0.3 is 5.73 Å². The lowest BCUT2D eigenvalue weighted by Crippen LogP contribution is -2.20. The second kappa shape index (κ2) is 10.4. The smallest absolute Gasteiger partial charge is 0.366 e. The first-order valence-corrected chi connectivity index (χ1v) is 9.83. The first kappa shape index (κ1) is 27.1. The van der Waals surface area contributed by atoms with Crippen LogP contribution in [0.2, 0.25) is 0 Å². The van der Waals surface area contributed by atoms with E-state index in [-0.39, 0.29) is 28.5 Å². The molecule has 6 nitrogen and oxygen atoms in total. The van der Waals surface area contributed by atoms with Crippen LogP contribution in [0.25, 0.3) is 5.57 Å². The summed E-state index contributed by atoms with van der Waals surface area (Å²) in [5.74, 6) is -1.59. The number of carbonyl (C=O) groups is 1. The van der Waals surface area contributed by atoms with Crippen molar-refractivity contribution in [3.8, 4) is 6.07 Å². The fourth-order valence-electron chi connectivity index (χ4n) is 2.92. The molecule has 1 amide bonds. The van der Waals surface area contributed by atoms with E-state index in [1.165, 1.54) is 32.3 Å². The zero-order valence-corrected chi connectivity index (χ0v) is 18.4. The third kappa shape index (κ3) is 6.92. The lowest BCUT2D eigenvalue weighted by Gasteiger charge is -2.19. The number of alkyl halides is 6. The number of halogens is 6. The van der Waals surface area contributed by atoms with Gasteiger partial charge in [-0.2, -0.15) is 36.7 Å². The Hall–Kier alpha value is -4.14. The zero-order chi connectivity index (χ0) is 26.6. The van der Waals surface area contributed by atoms with Crippen LogP contribution in [-0.2, 0) is 17.1 Å². The first-order chi connectivity index (χ1) is 16.2. The highest BCUT2D eigenvalue weighted by atomic mass is 19.4. The molecule has 0 spiro atoms. The van der Waals surface area contributed by atoms with Gasteiger partial charge in [-0.15, -0.1) is 0 Å². The van der Waals surface area contributed by atoms with Crippen molar-refractivity contribution in [1.82, 2.24) is 9.99 Å². The molecule has 0 bridgehead atoms. The highest BCUT2D eigenvalue weighted by Crippen LogP contribution is 2.37. The van der Waals surface area contributed by atoms with Crippen LogP contribution in [-0.4, -0.2) is 21.6 Å². The summed E-state index contributed by atoms with van der Waals surface area (Å²) in [6.07, 6.45) is -5.43. The third-order valence-electron chi connectivity index (χ3n) is 4.55. The second-order valence-electron chi connectivity index (χ2n) is 7.48. The maximum absolute atomic E-state index is 13.3. The summed E-state index contributed by atoms with van der Waals surface area (Å²) in [4.78, 5) is 15.9. The van der Waals surface area contributed by atoms with E-state index in [0.29, 0.717) is 12.1 Å². The number of hydrogen-bond donors (Lipinski definition) is 1. The molecule has 35 heavy (non-hydrogen) atoms. The van der Waals surface area contributed by atoms with Gasteiger partial charge in [-0.25, -0.2) is 5.01 Å². The topological polar surface area (TPSA) is 95.4 Å². The number of primary amides is 1. The molecule has 0 aliphatic carbocycles. The van der Waals surface area contributed by atoms with E-state index < -0.39 is 40.9 Å². The largest absolute Gasteiger partial charge is 0.416 e. The molecule has 2 N–H and O–H groups in total. The number of nitriles is 1. The monoisotopic (exact) mass is 495 g/mol. The molecule has 0 saturated heterocycles. The van der Waals surface area contributed by atoms with Crippen LogP contribution in [0.3, 0.4) is 0 Å². The quantitative estimate of drug-likeness (QED) is 0.243. The molecular weight excluding hydrogens is 476 g/mol. The van der Waals surface area contributed by atoms with Crippen molar-refractivity contribution < 1.29 is 31.1 Å². The summed E-state index contributed by atoms with van der Waals surface area (Å²) < 4.78 is 79.9. The first-order valence-electron chi connectivity index (χ1n) is 9.83. The molecular formula is C23H19F6N5O. The van der Waals surface area contributed by atoms with Gasteiger partial charge in [0.1, 0.15) is 6.07 Å². The van der Waals surface area contributed by atoms with Crippen LogP contribution in [0.5, 0.6) is 0 Å². The van der Waals surface area contributed by atoms with Gasteiger partial charge in [-0.1, -0.05) is 20.4 Å². The molecule has 0 unspecified atom stereocenters. The Morgan fingerprint density at radius 3 is 2.09 bits per heavy atom. The fourth-order valence-corrected chi connectivity index (χ4v) is 2.92. The van der Waals surface area contributed by atoms with Crippen LogP contribution in [0, 0.1) is 17.2 Å². The van der Waals surface area contributed by atoms with Gasteiger partial charge in [0.2, 0.25) is 0 Å². The van der Waals surface area contributed by atoms with E-state index in [1.807, 2.05) is 6.07 Å². The van der Waals surface area contributed by atoms with Crippen molar-refractivity contribution in [2.24, 2.45) is 16.8 Å². The Labute approximate surface area is 196 Å². The fraction of sp³-hybridized carbons (Fsp3) is 0.217. The Morgan fingerprint density at radius 2 is 1.66 bits per heavy atom. The minimum absolute atomic E-state index is 0.0208. The molecule has 0 radical (unpaired) electrons. The maximum Gasteiger partial charge on any atom is 0.416 e. The lowest BCUT2D eigenvalue weighted by molar-refractivity contribution is -0.143. The van der Waals surface area contributed by atoms with Crippen molar-refractivity contribution >= 4 is 17.2 Å². The number of nitrogens with two attached hydrogens (primary N) is 1. The highest BCUT2D eigenvalue weighted by Gasteiger charge is 2.37. The molecule has 0 fully saturated rings. The molecule has 0 atom stereocenters. The number of benzene rings is 1. The summed E-state index contributed by atoms with van der Waals surface area (Å²) in [6, 6.07) is 4.31. The van der Waals surface area contributed by atoms with Crippen molar-refractivity contribution in [2.75, 3.05) is 0 Å². The van der Waals surface area contributed by atoms with E-state index in [9.17, 15) is 31.1 Å². The molecule has 0 saturated carbocycles. The van der Waals surface area contributed by atoms with Gasteiger partial charge in [-0.05, 0) is 35.7 Å². The predicted molar refractivity (Wildman–Crippen MR) is 116 cm³/mol. The molecule has 1 aromatic heterocycles. The number of nitrogens with zero attached hydrogens (tertiary/aromatic N) is 4. The molecule has 2 aromatic rings. The van der Waals surface area contributed by atoms with Gasteiger partial charge in [0.25, 0.3) is 5.91 Å². The molecule has 2 rings (SSSR count). The van der Waals surface area contributed by atoms with Crippen molar-refractivity contribution in [3.05, 3.63) is 83.5 Å². The minimum Gasteiger partial charge on any atom is -0.366 e. The summed E-state index contributed by atoms with van der Waals surface area (Å²) in [7, 11) is 0. The Morgan fingerprint density at radius 1 is 1.09 bits per heavy atom. The Kier molecular flexibility index (Phi) is 8.07. The molecule has 0 aliphatic heterocycles. The lowest BCUT2D eigenvalue weighted by atomic mass is 9.95. The number of aromatic nitrogens is 1. The van der Waals surface area contributed by atoms with Crippen LogP contribution in [0.4, 0.5) is 26.3 Å². The SMILES string of the molecule is C=CN(/C=C(/C(N)=O)c1cncc(C#N)c1)/N=C(/c1cc(C(F)(F)F)cc(C(F)(F)F)c1)C(C)C. The van der Waals surface area contributed by atoms with Crippen LogP contribution >= 0.6 is 0 Å². The van der Waals surface area contributed by atoms with E-state index >= 15 is 0 Å². The van der Waals surface area contributed by atoms with E-state index in [2.05, 4.69) is 16.7 Å². The van der Waals surface area contributed by atoms with Crippen LogP contribution in [0.1, 0.15) is 41.7 Å². The van der Waals surface area contributed by atoms with E-state index in [0.717, 1.165) is 17.4 Å². The van der Waals surface area contributed by atoms with Gasteiger partial charge in [-0.3, -0.25) is 9.78 Å². The number of hydrazone groups is 1. The second-order valence-corrected chi connectivity index (χ2v) is 7.48. The number of hydrogen-bond acceptors (Lipinski definition) is 5. The number of amides is 1. The average molecular weight is 495 g/mol. The molecule has 12 heteroatoms. The molecule has 184 valence electrons. The third-order valence-corrected chi connectivity index (χ3v) is 4.55. The summed E-state index contributed by atoms with van der Waals surface area (Å²) in [6.45, 7) is 6.56. The predicted octanol–water partition coefficient (Wildman–Crippen LogP) is 5.32. The zero-order valence-electron chi connectivity index (χ0n) is 18.4. The molecule has 1 aromatic carbocycles. The van der Waals surface area contributed by atoms with Gasteiger partial charge in [0.15, 0.2) is 0 Å².